The van der Waals surface area contributed by atoms with E-state index < -0.39 is 12.0 Å². The lowest BCUT2D eigenvalue weighted by molar-refractivity contribution is -0.129. The van der Waals surface area contributed by atoms with Crippen molar-refractivity contribution >= 4 is 35.3 Å². The van der Waals surface area contributed by atoms with E-state index in [-0.39, 0.29) is 6.61 Å². The van der Waals surface area contributed by atoms with Gasteiger partial charge in [-0.2, -0.15) is 5.10 Å². The lowest BCUT2D eigenvalue weighted by Gasteiger charge is -2.13. The number of carbonyl (C=O) groups excluding carboxylic acids is 1. The Bertz CT molecular complexity index is 1060. The second-order valence-corrected chi connectivity index (χ2v) is 7.34. The number of hydrogen-bond acceptors (Lipinski definition) is 5. The number of amides is 1. The fraction of sp³-hybridized carbons (Fsp3) is 0.130. The third kappa shape index (κ3) is 6.21. The normalized spacial score (nSPS) is 11.9. The largest absolute Gasteiger partial charge is 0.493 e. The number of aliphatic hydroxyl groups excluding tert-OH is 1. The van der Waals surface area contributed by atoms with Gasteiger partial charge in [-0.05, 0) is 41.0 Å². The smallest absolute Gasteiger partial charge is 0.273 e. The van der Waals surface area contributed by atoms with E-state index in [2.05, 4.69) is 10.5 Å². The van der Waals surface area contributed by atoms with Crippen molar-refractivity contribution in [1.82, 2.24) is 5.43 Å². The van der Waals surface area contributed by atoms with Gasteiger partial charge in [0.15, 0.2) is 17.6 Å². The molecule has 0 aromatic heterocycles. The van der Waals surface area contributed by atoms with E-state index in [1.165, 1.54) is 13.3 Å². The number of hydrazone groups is 1. The minimum absolute atomic E-state index is 0.286. The lowest BCUT2D eigenvalue weighted by atomic mass is 10.1. The average molecular weight is 459 g/mol. The molecule has 6 nitrogen and oxygen atoms in total. The van der Waals surface area contributed by atoms with E-state index in [0.29, 0.717) is 32.7 Å². The van der Waals surface area contributed by atoms with Crippen LogP contribution in [0.4, 0.5) is 0 Å². The molecule has 1 amide bonds. The van der Waals surface area contributed by atoms with Crippen molar-refractivity contribution < 1.29 is 19.4 Å². The Hall–Kier alpha value is -3.06. The molecule has 0 aliphatic heterocycles. The Morgan fingerprint density at radius 2 is 1.84 bits per heavy atom. The van der Waals surface area contributed by atoms with Crippen LogP contribution in [0.15, 0.2) is 71.8 Å². The number of aliphatic hydroxyl groups is 1. The first-order valence-electron chi connectivity index (χ1n) is 9.28. The molecule has 8 heteroatoms. The van der Waals surface area contributed by atoms with Gasteiger partial charge in [0.25, 0.3) is 5.91 Å². The topological polar surface area (TPSA) is 80.2 Å². The van der Waals surface area contributed by atoms with Gasteiger partial charge < -0.3 is 14.6 Å². The summed E-state index contributed by atoms with van der Waals surface area (Å²) in [6.07, 6.45) is 0.0765. The molecule has 2 N–H and O–H groups in total. The predicted octanol–water partition coefficient (Wildman–Crippen LogP) is 4.76. The molecule has 0 spiro atoms. The number of nitrogens with one attached hydrogen (secondary N) is 1. The molecule has 0 radical (unpaired) electrons. The van der Waals surface area contributed by atoms with Gasteiger partial charge in [-0.3, -0.25) is 4.79 Å². The second kappa shape index (κ2) is 10.8. The third-order valence-electron chi connectivity index (χ3n) is 4.30. The first-order chi connectivity index (χ1) is 15.0. The van der Waals surface area contributed by atoms with Crippen LogP contribution < -0.4 is 14.9 Å². The van der Waals surface area contributed by atoms with E-state index in [4.69, 9.17) is 32.7 Å². The molecule has 0 heterocycles. The van der Waals surface area contributed by atoms with Crippen LogP contribution in [0.3, 0.4) is 0 Å². The van der Waals surface area contributed by atoms with Crippen molar-refractivity contribution in [3.05, 3.63) is 93.5 Å². The van der Waals surface area contributed by atoms with Crippen LogP contribution in [0.2, 0.25) is 10.0 Å². The summed E-state index contributed by atoms with van der Waals surface area (Å²) in [7, 11) is 1.50. The maximum absolute atomic E-state index is 12.1. The van der Waals surface area contributed by atoms with Crippen LogP contribution in [0, 0.1) is 0 Å². The van der Waals surface area contributed by atoms with Gasteiger partial charge in [0.1, 0.15) is 6.61 Å². The van der Waals surface area contributed by atoms with E-state index in [1.807, 2.05) is 12.1 Å². The van der Waals surface area contributed by atoms with E-state index >= 15 is 0 Å². The van der Waals surface area contributed by atoms with Crippen LogP contribution in [-0.4, -0.2) is 24.3 Å². The molecule has 0 aliphatic rings. The quantitative estimate of drug-likeness (QED) is 0.376. The van der Waals surface area contributed by atoms with Gasteiger partial charge in [0.2, 0.25) is 0 Å². The zero-order valence-electron chi connectivity index (χ0n) is 16.6. The Labute approximate surface area is 190 Å². The molecule has 0 saturated carbocycles. The van der Waals surface area contributed by atoms with Gasteiger partial charge in [-0.15, -0.1) is 0 Å². The molecule has 1 atom stereocenters. The first-order valence-corrected chi connectivity index (χ1v) is 10.0. The number of nitrogens with zero attached hydrogens (tertiary/aromatic N) is 1. The fourth-order valence-electron chi connectivity index (χ4n) is 2.71. The summed E-state index contributed by atoms with van der Waals surface area (Å²) in [6.45, 7) is 0.286. The minimum Gasteiger partial charge on any atom is -0.493 e. The highest BCUT2D eigenvalue weighted by Crippen LogP contribution is 2.36. The van der Waals surface area contributed by atoms with E-state index in [9.17, 15) is 9.90 Å². The SMILES string of the molecule is COc1cc(/C=N\NC(=O)[C@H](O)c2ccccc2)cc(Cl)c1OCc1ccc(Cl)cc1. The molecule has 31 heavy (non-hydrogen) atoms. The Morgan fingerprint density at radius 3 is 2.52 bits per heavy atom. The maximum atomic E-state index is 12.1. The van der Waals surface area contributed by atoms with Crippen LogP contribution in [0.5, 0.6) is 11.5 Å². The number of rotatable bonds is 8. The van der Waals surface area contributed by atoms with Gasteiger partial charge in [0, 0.05) is 5.02 Å². The first kappa shape index (κ1) is 22.6. The summed E-state index contributed by atoms with van der Waals surface area (Å²) in [4.78, 5) is 12.1. The molecule has 0 unspecified atom stereocenters. The van der Waals surface area contributed by atoms with Crippen LogP contribution >= 0.6 is 23.2 Å². The number of ether oxygens (including phenoxy) is 2. The standard InChI is InChI=1S/C23H20Cl2N2O4/c1-30-20-12-16(13-26-27-23(29)21(28)17-5-3-2-4-6-17)11-19(25)22(20)31-14-15-7-9-18(24)10-8-15/h2-13,21,28H,14H2,1H3,(H,27,29)/b26-13-/t21-/m1/s1. The average Bonchev–Trinajstić information content (AvgIpc) is 2.79. The number of hydrogen-bond donors (Lipinski definition) is 2. The van der Waals surface area contributed by atoms with Crippen LogP contribution in [-0.2, 0) is 11.4 Å². The lowest BCUT2D eigenvalue weighted by Crippen LogP contribution is -2.25. The van der Waals surface area contributed by atoms with Crippen LogP contribution in [0.1, 0.15) is 22.8 Å². The molecule has 3 aromatic rings. The Kier molecular flexibility index (Phi) is 7.89. The minimum atomic E-state index is -1.32. The highest BCUT2D eigenvalue weighted by atomic mass is 35.5. The number of methoxy groups -OCH3 is 1. The zero-order valence-corrected chi connectivity index (χ0v) is 18.1. The zero-order chi connectivity index (χ0) is 22.2. The summed E-state index contributed by atoms with van der Waals surface area (Å²) in [5.41, 5.74) is 4.28. The van der Waals surface area contributed by atoms with Gasteiger partial charge in [-0.25, -0.2) is 5.43 Å². The molecule has 0 aliphatic carbocycles. The van der Waals surface area contributed by atoms with Crippen molar-refractivity contribution in [3.63, 3.8) is 0 Å². The second-order valence-electron chi connectivity index (χ2n) is 6.50. The van der Waals surface area contributed by atoms with Crippen LogP contribution in [0.25, 0.3) is 0 Å². The summed E-state index contributed by atoms with van der Waals surface area (Å²) < 4.78 is 11.2. The number of halogens is 2. The Morgan fingerprint density at radius 1 is 1.13 bits per heavy atom. The van der Waals surface area contributed by atoms with Gasteiger partial charge in [-0.1, -0.05) is 65.7 Å². The van der Waals surface area contributed by atoms with Crippen molar-refractivity contribution in [3.8, 4) is 11.5 Å². The molecule has 0 bridgehead atoms. The molecule has 0 fully saturated rings. The highest BCUT2D eigenvalue weighted by molar-refractivity contribution is 6.32. The predicted molar refractivity (Wildman–Crippen MR) is 121 cm³/mol. The molecule has 160 valence electrons. The number of benzene rings is 3. The summed E-state index contributed by atoms with van der Waals surface area (Å²) >= 11 is 12.3. The highest BCUT2D eigenvalue weighted by Gasteiger charge is 2.16. The van der Waals surface area contributed by atoms with Crippen molar-refractivity contribution in [2.45, 2.75) is 12.7 Å². The van der Waals surface area contributed by atoms with E-state index in [1.54, 1.807) is 54.6 Å². The number of carbonyl (C=O) groups is 1. The Balaban J connectivity index is 1.66. The van der Waals surface area contributed by atoms with Crippen molar-refractivity contribution in [2.75, 3.05) is 7.11 Å². The molecular weight excluding hydrogens is 439 g/mol. The summed E-state index contributed by atoms with van der Waals surface area (Å²) in [5.74, 6) is 0.154. The summed E-state index contributed by atoms with van der Waals surface area (Å²) in [5, 5.41) is 14.9. The molecular formula is C23H20Cl2N2O4. The fourth-order valence-corrected chi connectivity index (χ4v) is 3.11. The van der Waals surface area contributed by atoms with Crippen molar-refractivity contribution in [1.29, 1.82) is 0 Å². The molecule has 3 rings (SSSR count). The van der Waals surface area contributed by atoms with E-state index in [0.717, 1.165) is 5.56 Å². The van der Waals surface area contributed by atoms with Gasteiger partial charge >= 0.3 is 0 Å². The molecule has 0 saturated heterocycles. The maximum Gasteiger partial charge on any atom is 0.273 e. The van der Waals surface area contributed by atoms with Gasteiger partial charge in [0.05, 0.1) is 18.3 Å². The summed E-state index contributed by atoms with van der Waals surface area (Å²) in [6, 6.07) is 19.2. The molecule has 3 aromatic carbocycles. The third-order valence-corrected chi connectivity index (χ3v) is 4.83. The van der Waals surface area contributed by atoms with Crippen molar-refractivity contribution in [2.24, 2.45) is 5.10 Å². The monoisotopic (exact) mass is 458 g/mol.